The molecule has 1 heterocycles. The number of nitrogens with zero attached hydrogens (tertiary/aromatic N) is 2. The molecule has 0 spiro atoms. The zero-order valence-corrected chi connectivity index (χ0v) is 12.1. The molecule has 0 radical (unpaired) electrons. The molecule has 96 valence electrons. The van der Waals surface area contributed by atoms with E-state index in [4.69, 9.17) is 12.2 Å². The Balaban J connectivity index is 2.49. The summed E-state index contributed by atoms with van der Waals surface area (Å²) in [7, 11) is 4.08. The Bertz CT molecular complexity index is 576. The number of anilines is 1. The fourth-order valence-electron chi connectivity index (χ4n) is 1.97. The molecule has 0 saturated heterocycles. The summed E-state index contributed by atoms with van der Waals surface area (Å²) in [5.41, 5.74) is 3.50. The Kier molecular flexibility index (Phi) is 3.57. The molecule has 0 aliphatic heterocycles. The summed E-state index contributed by atoms with van der Waals surface area (Å²) in [5.74, 6) is 0.437. The number of aromatic amines is 1. The third-order valence-electron chi connectivity index (χ3n) is 3.02. The van der Waals surface area contributed by atoms with Gasteiger partial charge in [0.2, 0.25) is 0 Å². The van der Waals surface area contributed by atoms with Crippen molar-refractivity contribution in [2.75, 3.05) is 19.0 Å². The van der Waals surface area contributed by atoms with E-state index in [0.29, 0.717) is 5.92 Å². The molecule has 4 heteroatoms. The zero-order chi connectivity index (χ0) is 13.3. The molecule has 2 rings (SSSR count). The molecule has 18 heavy (non-hydrogen) atoms. The number of H-pyrrole nitrogens is 1. The smallest absolute Gasteiger partial charge is 0.182 e. The fraction of sp³-hybridized carbons (Fsp3) is 0.357. The molecule has 1 N–H and O–H groups in total. The Morgan fingerprint density at radius 3 is 2.28 bits per heavy atom. The topological polar surface area (TPSA) is 24.0 Å². The summed E-state index contributed by atoms with van der Waals surface area (Å²) in [5, 5.41) is 0. The maximum Gasteiger partial charge on any atom is 0.182 e. The van der Waals surface area contributed by atoms with Gasteiger partial charge in [-0.15, -0.1) is 0 Å². The first-order chi connectivity index (χ1) is 8.50. The average Bonchev–Trinajstić information content (AvgIpc) is 2.71. The first-order valence-electron chi connectivity index (χ1n) is 6.09. The number of hydrogen-bond donors (Lipinski definition) is 1. The third kappa shape index (κ3) is 2.34. The predicted octanol–water partition coefficient (Wildman–Crippen LogP) is 3.72. The van der Waals surface area contributed by atoms with Gasteiger partial charge in [-0.05, 0) is 42.4 Å². The van der Waals surface area contributed by atoms with E-state index < -0.39 is 0 Å². The van der Waals surface area contributed by atoms with Crippen molar-refractivity contribution in [3.05, 3.63) is 40.9 Å². The molecule has 0 aliphatic rings. The molecule has 0 bridgehead atoms. The minimum Gasteiger partial charge on any atom is -0.378 e. The van der Waals surface area contributed by atoms with Gasteiger partial charge < -0.3 is 9.88 Å². The molecule has 0 saturated carbocycles. The Morgan fingerprint density at radius 1 is 1.17 bits per heavy atom. The zero-order valence-electron chi connectivity index (χ0n) is 11.3. The molecule has 2 aromatic rings. The number of hydrogen-bond acceptors (Lipinski definition) is 2. The third-order valence-corrected chi connectivity index (χ3v) is 3.32. The Labute approximate surface area is 113 Å². The molecule has 0 amide bonds. The lowest BCUT2D eigenvalue weighted by Gasteiger charge is -2.15. The minimum atomic E-state index is 0.437. The maximum atomic E-state index is 5.36. The lowest BCUT2D eigenvalue weighted by Crippen LogP contribution is -2.08. The molecule has 0 unspecified atom stereocenters. The van der Waals surface area contributed by atoms with Crippen LogP contribution in [0.3, 0.4) is 0 Å². The molecule has 0 aliphatic carbocycles. The normalized spacial score (nSPS) is 10.9. The van der Waals surface area contributed by atoms with Crippen molar-refractivity contribution in [2.24, 2.45) is 0 Å². The van der Waals surface area contributed by atoms with Crippen LogP contribution in [0, 0.1) is 4.77 Å². The van der Waals surface area contributed by atoms with E-state index in [9.17, 15) is 0 Å². The lowest BCUT2D eigenvalue weighted by atomic mass is 10.1. The van der Waals surface area contributed by atoms with Gasteiger partial charge in [0.15, 0.2) is 4.77 Å². The van der Waals surface area contributed by atoms with Gasteiger partial charge in [-0.25, -0.2) is 0 Å². The molecule has 3 nitrogen and oxygen atoms in total. The molecule has 0 fully saturated rings. The molecular formula is C14H19N3S. The van der Waals surface area contributed by atoms with Crippen LogP contribution in [0.5, 0.6) is 0 Å². The van der Waals surface area contributed by atoms with Crippen molar-refractivity contribution < 1.29 is 0 Å². The van der Waals surface area contributed by atoms with E-state index in [0.717, 1.165) is 10.5 Å². The van der Waals surface area contributed by atoms with Crippen LogP contribution in [0.15, 0.2) is 30.5 Å². The van der Waals surface area contributed by atoms with Crippen molar-refractivity contribution in [2.45, 2.75) is 19.8 Å². The summed E-state index contributed by atoms with van der Waals surface area (Å²) in [6.45, 7) is 4.34. The molecule has 1 aromatic heterocycles. The highest BCUT2D eigenvalue weighted by Crippen LogP contribution is 2.21. The van der Waals surface area contributed by atoms with Gasteiger partial charge in [0.25, 0.3) is 0 Å². The van der Waals surface area contributed by atoms with Gasteiger partial charge >= 0.3 is 0 Å². The predicted molar refractivity (Wildman–Crippen MR) is 79.4 cm³/mol. The summed E-state index contributed by atoms with van der Waals surface area (Å²) >= 11 is 5.36. The molecule has 1 aromatic carbocycles. The van der Waals surface area contributed by atoms with E-state index in [2.05, 4.69) is 52.6 Å². The van der Waals surface area contributed by atoms with E-state index in [1.165, 1.54) is 11.4 Å². The largest absolute Gasteiger partial charge is 0.378 e. The van der Waals surface area contributed by atoms with Crippen LogP contribution in [-0.2, 0) is 0 Å². The summed E-state index contributed by atoms with van der Waals surface area (Å²) in [6, 6.07) is 8.41. The van der Waals surface area contributed by atoms with Crippen molar-refractivity contribution >= 4 is 17.9 Å². The first-order valence-corrected chi connectivity index (χ1v) is 6.49. The number of rotatable bonds is 3. The standard InChI is InChI=1S/C14H19N3S/c1-10(2)13-9-15-14(18)17(13)12-7-5-11(6-8-12)16(3)4/h5-10H,1-4H3,(H,15,18). The first kappa shape index (κ1) is 12.9. The van der Waals surface area contributed by atoms with Crippen LogP contribution < -0.4 is 4.90 Å². The van der Waals surface area contributed by atoms with Crippen LogP contribution >= 0.6 is 12.2 Å². The van der Waals surface area contributed by atoms with Gasteiger partial charge in [-0.1, -0.05) is 13.8 Å². The van der Waals surface area contributed by atoms with Crippen molar-refractivity contribution in [1.29, 1.82) is 0 Å². The van der Waals surface area contributed by atoms with Crippen LogP contribution in [0.4, 0.5) is 5.69 Å². The lowest BCUT2D eigenvalue weighted by molar-refractivity contribution is 0.783. The highest BCUT2D eigenvalue weighted by molar-refractivity contribution is 7.71. The number of nitrogens with one attached hydrogen (secondary N) is 1. The van der Waals surface area contributed by atoms with Crippen LogP contribution in [0.1, 0.15) is 25.5 Å². The fourth-order valence-corrected chi connectivity index (χ4v) is 2.24. The van der Waals surface area contributed by atoms with E-state index in [1.54, 1.807) is 0 Å². The van der Waals surface area contributed by atoms with Gasteiger partial charge in [0.1, 0.15) is 0 Å². The van der Waals surface area contributed by atoms with Crippen LogP contribution in [-0.4, -0.2) is 23.6 Å². The summed E-state index contributed by atoms with van der Waals surface area (Å²) < 4.78 is 2.84. The van der Waals surface area contributed by atoms with E-state index in [1.807, 2.05) is 20.3 Å². The van der Waals surface area contributed by atoms with Gasteiger partial charge in [-0.2, -0.15) is 0 Å². The quantitative estimate of drug-likeness (QED) is 0.851. The highest BCUT2D eigenvalue weighted by atomic mass is 32.1. The molecule has 0 atom stereocenters. The maximum absolute atomic E-state index is 5.36. The SMILES string of the molecule is CC(C)c1c[nH]c(=S)n1-c1ccc(N(C)C)cc1. The summed E-state index contributed by atoms with van der Waals surface area (Å²) in [6.07, 6.45) is 1.99. The second kappa shape index (κ2) is 4.98. The second-order valence-corrected chi connectivity index (χ2v) is 5.31. The van der Waals surface area contributed by atoms with Crippen LogP contribution in [0.2, 0.25) is 0 Å². The van der Waals surface area contributed by atoms with E-state index >= 15 is 0 Å². The van der Waals surface area contributed by atoms with Crippen molar-refractivity contribution in [3.63, 3.8) is 0 Å². The number of imidazole rings is 1. The van der Waals surface area contributed by atoms with Crippen molar-refractivity contribution in [1.82, 2.24) is 9.55 Å². The van der Waals surface area contributed by atoms with E-state index in [-0.39, 0.29) is 0 Å². The number of benzene rings is 1. The average molecular weight is 261 g/mol. The Hall–Kier alpha value is -1.55. The van der Waals surface area contributed by atoms with Crippen molar-refractivity contribution in [3.8, 4) is 5.69 Å². The Morgan fingerprint density at radius 2 is 1.78 bits per heavy atom. The van der Waals surface area contributed by atoms with Gasteiger partial charge in [0, 0.05) is 37.4 Å². The molecular weight excluding hydrogens is 242 g/mol. The van der Waals surface area contributed by atoms with Gasteiger partial charge in [0.05, 0.1) is 0 Å². The number of aromatic nitrogens is 2. The highest BCUT2D eigenvalue weighted by Gasteiger charge is 2.09. The summed E-state index contributed by atoms with van der Waals surface area (Å²) in [4.78, 5) is 5.21. The monoisotopic (exact) mass is 261 g/mol. The van der Waals surface area contributed by atoms with Crippen LogP contribution in [0.25, 0.3) is 5.69 Å². The van der Waals surface area contributed by atoms with Gasteiger partial charge in [-0.3, -0.25) is 4.57 Å². The second-order valence-electron chi connectivity index (χ2n) is 4.92. The minimum absolute atomic E-state index is 0.437.